The van der Waals surface area contributed by atoms with Crippen LogP contribution in [-0.2, 0) is 15.3 Å². The first kappa shape index (κ1) is 12.2. The Morgan fingerprint density at radius 3 is 3.07 bits per heavy atom. The number of esters is 1. The van der Waals surface area contributed by atoms with Crippen molar-refractivity contribution in [1.82, 2.24) is 0 Å². The van der Waals surface area contributed by atoms with Crippen molar-refractivity contribution in [2.45, 2.75) is 5.75 Å². The number of methoxy groups -OCH3 is 1. The van der Waals surface area contributed by atoms with E-state index in [9.17, 15) is 4.79 Å². The van der Waals surface area contributed by atoms with Gasteiger partial charge in [-0.2, -0.15) is 0 Å². The molecular formula is C10H11ClO3S. The Hall–Kier alpha value is -0.870. The maximum atomic E-state index is 10.7. The van der Waals surface area contributed by atoms with Gasteiger partial charge in [-0.1, -0.05) is 6.08 Å². The number of halogens is 1. The lowest BCUT2D eigenvalue weighted by molar-refractivity contribution is -0.134. The Morgan fingerprint density at radius 2 is 2.47 bits per heavy atom. The molecule has 0 N–H and O–H groups in total. The maximum Gasteiger partial charge on any atom is 0.330 e. The van der Waals surface area contributed by atoms with Gasteiger partial charge in [0.25, 0.3) is 0 Å². The van der Waals surface area contributed by atoms with Gasteiger partial charge in [0.15, 0.2) is 5.22 Å². The molecule has 5 heteroatoms. The minimum Gasteiger partial charge on any atom is -0.466 e. The van der Waals surface area contributed by atoms with Crippen molar-refractivity contribution < 1.29 is 13.9 Å². The molecule has 0 aliphatic carbocycles. The van der Waals surface area contributed by atoms with E-state index >= 15 is 0 Å². The summed E-state index contributed by atoms with van der Waals surface area (Å²) in [5, 5.41) is 0.399. The summed E-state index contributed by atoms with van der Waals surface area (Å²) >= 11 is 7.23. The van der Waals surface area contributed by atoms with Gasteiger partial charge in [-0.05, 0) is 23.7 Å². The van der Waals surface area contributed by atoms with Crippen molar-refractivity contribution in [2.75, 3.05) is 12.9 Å². The molecule has 15 heavy (non-hydrogen) atoms. The van der Waals surface area contributed by atoms with Crippen LogP contribution in [-0.4, -0.2) is 18.8 Å². The predicted octanol–water partition coefficient (Wildman–Crippen LogP) is 2.90. The Bertz CT molecular complexity index is 346. The van der Waals surface area contributed by atoms with Crippen molar-refractivity contribution >= 4 is 29.3 Å². The van der Waals surface area contributed by atoms with Crippen LogP contribution in [0.5, 0.6) is 0 Å². The molecule has 0 bridgehead atoms. The number of carbonyl (C=O) groups is 1. The third kappa shape index (κ3) is 4.95. The van der Waals surface area contributed by atoms with Gasteiger partial charge in [0.2, 0.25) is 0 Å². The fraction of sp³-hybridized carbons (Fsp3) is 0.300. The zero-order valence-corrected chi connectivity index (χ0v) is 9.81. The molecule has 0 spiro atoms. The van der Waals surface area contributed by atoms with Gasteiger partial charge < -0.3 is 9.15 Å². The van der Waals surface area contributed by atoms with Gasteiger partial charge in [-0.3, -0.25) is 0 Å². The average Bonchev–Trinajstić information content (AvgIpc) is 2.63. The molecule has 3 nitrogen and oxygen atoms in total. The van der Waals surface area contributed by atoms with E-state index in [1.54, 1.807) is 23.9 Å². The first-order chi connectivity index (χ1) is 7.22. The van der Waals surface area contributed by atoms with Crippen LogP contribution in [0.1, 0.15) is 5.76 Å². The van der Waals surface area contributed by atoms with Crippen LogP contribution in [0.25, 0.3) is 0 Å². The molecule has 0 amide bonds. The average molecular weight is 247 g/mol. The molecule has 1 heterocycles. The zero-order valence-electron chi connectivity index (χ0n) is 8.23. The first-order valence-electron chi connectivity index (χ1n) is 4.29. The SMILES string of the molecule is COC(=O)/C=C/CSCc1ccc(Cl)o1. The number of furan rings is 1. The molecule has 1 aromatic rings. The summed E-state index contributed by atoms with van der Waals surface area (Å²) < 4.78 is 9.61. The molecule has 1 aromatic heterocycles. The molecule has 0 saturated heterocycles. The largest absolute Gasteiger partial charge is 0.466 e. The number of hydrogen-bond acceptors (Lipinski definition) is 4. The lowest BCUT2D eigenvalue weighted by Gasteiger charge is -1.93. The van der Waals surface area contributed by atoms with E-state index in [-0.39, 0.29) is 5.97 Å². The van der Waals surface area contributed by atoms with Gasteiger partial charge in [0.1, 0.15) is 5.76 Å². The van der Waals surface area contributed by atoms with Crippen molar-refractivity contribution in [3.05, 3.63) is 35.3 Å². The minimum absolute atomic E-state index is 0.336. The summed E-state index contributed by atoms with van der Waals surface area (Å²) in [7, 11) is 1.35. The van der Waals surface area contributed by atoms with Gasteiger partial charge in [-0.15, -0.1) is 11.8 Å². The van der Waals surface area contributed by atoms with Gasteiger partial charge in [-0.25, -0.2) is 4.79 Å². The molecule has 0 aliphatic heterocycles. The number of hydrogen-bond donors (Lipinski definition) is 0. The number of carbonyl (C=O) groups excluding carboxylic acids is 1. The van der Waals surface area contributed by atoms with Crippen LogP contribution in [0.2, 0.25) is 5.22 Å². The number of ether oxygens (including phenoxy) is 1. The smallest absolute Gasteiger partial charge is 0.330 e. The second-order valence-electron chi connectivity index (χ2n) is 2.65. The summed E-state index contributed by atoms with van der Waals surface area (Å²) in [4.78, 5) is 10.7. The molecule has 0 atom stereocenters. The van der Waals surface area contributed by atoms with Crippen LogP contribution in [0.3, 0.4) is 0 Å². The van der Waals surface area contributed by atoms with E-state index in [1.165, 1.54) is 13.2 Å². The zero-order chi connectivity index (χ0) is 11.1. The van der Waals surface area contributed by atoms with Crippen molar-refractivity contribution in [2.24, 2.45) is 0 Å². The van der Waals surface area contributed by atoms with Crippen molar-refractivity contribution in [3.8, 4) is 0 Å². The highest BCUT2D eigenvalue weighted by Crippen LogP contribution is 2.18. The quantitative estimate of drug-likeness (QED) is 0.455. The molecule has 82 valence electrons. The summed E-state index contributed by atoms with van der Waals surface area (Å²) in [6, 6.07) is 3.54. The summed E-state index contributed by atoms with van der Waals surface area (Å²) in [5.41, 5.74) is 0. The summed E-state index contributed by atoms with van der Waals surface area (Å²) in [6.07, 6.45) is 3.16. The third-order valence-corrected chi connectivity index (χ3v) is 2.66. The maximum absolute atomic E-state index is 10.7. The summed E-state index contributed by atoms with van der Waals surface area (Å²) in [5.74, 6) is 1.96. The fourth-order valence-electron chi connectivity index (χ4n) is 0.869. The summed E-state index contributed by atoms with van der Waals surface area (Å²) in [6.45, 7) is 0. The topological polar surface area (TPSA) is 39.4 Å². The number of thioether (sulfide) groups is 1. The Balaban J connectivity index is 2.17. The monoisotopic (exact) mass is 246 g/mol. The standard InChI is InChI=1S/C10H11ClO3S/c1-13-10(12)3-2-6-15-7-8-4-5-9(11)14-8/h2-5H,6-7H2,1H3/b3-2+. The molecule has 0 aliphatic rings. The van der Waals surface area contributed by atoms with Gasteiger partial charge >= 0.3 is 5.97 Å². The van der Waals surface area contributed by atoms with Crippen molar-refractivity contribution in [3.63, 3.8) is 0 Å². The van der Waals surface area contributed by atoms with E-state index in [4.69, 9.17) is 16.0 Å². The molecule has 1 rings (SSSR count). The van der Waals surface area contributed by atoms with Crippen molar-refractivity contribution in [1.29, 1.82) is 0 Å². The van der Waals surface area contributed by atoms with Crippen LogP contribution in [0.4, 0.5) is 0 Å². The Kier molecular flexibility index (Phi) is 5.36. The van der Waals surface area contributed by atoms with Crippen LogP contribution in [0, 0.1) is 0 Å². The molecule has 0 fully saturated rings. The van der Waals surface area contributed by atoms with E-state index in [1.807, 2.05) is 6.07 Å². The second kappa shape index (κ2) is 6.58. The highest BCUT2D eigenvalue weighted by atomic mass is 35.5. The van der Waals surface area contributed by atoms with E-state index in [0.717, 1.165) is 17.3 Å². The minimum atomic E-state index is -0.336. The van der Waals surface area contributed by atoms with Gasteiger partial charge in [0.05, 0.1) is 12.9 Å². The highest BCUT2D eigenvalue weighted by Gasteiger charge is 1.98. The van der Waals surface area contributed by atoms with Gasteiger partial charge in [0, 0.05) is 11.8 Å². The third-order valence-electron chi connectivity index (χ3n) is 1.54. The number of rotatable bonds is 5. The Labute approximate surface area is 97.4 Å². The van der Waals surface area contributed by atoms with E-state index in [2.05, 4.69) is 4.74 Å². The molecular weight excluding hydrogens is 236 g/mol. The predicted molar refractivity (Wildman–Crippen MR) is 61.0 cm³/mol. The molecule has 0 unspecified atom stereocenters. The fourth-order valence-corrected chi connectivity index (χ4v) is 1.74. The van der Waals surface area contributed by atoms with Crippen LogP contribution in [0.15, 0.2) is 28.7 Å². The molecule has 0 saturated carbocycles. The lowest BCUT2D eigenvalue weighted by atomic mass is 10.5. The Morgan fingerprint density at radius 1 is 1.67 bits per heavy atom. The first-order valence-corrected chi connectivity index (χ1v) is 5.82. The highest BCUT2D eigenvalue weighted by molar-refractivity contribution is 7.98. The normalized spacial score (nSPS) is 10.8. The van der Waals surface area contributed by atoms with E-state index < -0.39 is 0 Å². The lowest BCUT2D eigenvalue weighted by Crippen LogP contribution is -1.93. The van der Waals surface area contributed by atoms with Crippen LogP contribution < -0.4 is 0 Å². The van der Waals surface area contributed by atoms with Crippen LogP contribution >= 0.6 is 23.4 Å². The molecule has 0 radical (unpaired) electrons. The second-order valence-corrected chi connectivity index (χ2v) is 4.05. The van der Waals surface area contributed by atoms with E-state index in [0.29, 0.717) is 5.22 Å². The molecule has 0 aromatic carbocycles.